The minimum Gasteiger partial charge on any atom is -0.103 e. The normalized spacial score (nSPS) is 15.8. The maximum absolute atomic E-state index is 3.81. The lowest BCUT2D eigenvalue weighted by atomic mass is 10.0. The lowest BCUT2D eigenvalue weighted by molar-refractivity contribution is 0.605. The molecule has 87 valence electrons. The molecule has 0 heteroatoms. The highest BCUT2D eigenvalue weighted by atomic mass is 14.2. The Morgan fingerprint density at radius 1 is 1.25 bits per heavy atom. The number of rotatable bonds is 8. The van der Waals surface area contributed by atoms with E-state index in [0.29, 0.717) is 5.92 Å². The number of hydrogen-bond donors (Lipinski definition) is 0. The number of hydrogen-bond acceptors (Lipinski definition) is 0. The van der Waals surface area contributed by atoms with Crippen LogP contribution in [0.1, 0.15) is 45.4 Å². The van der Waals surface area contributed by atoms with E-state index in [1.165, 1.54) is 36.8 Å². The zero-order chi connectivity index (χ0) is 11.8. The van der Waals surface area contributed by atoms with Crippen LogP contribution in [0.5, 0.6) is 0 Å². The van der Waals surface area contributed by atoms with Crippen molar-refractivity contribution in [3.8, 4) is 0 Å². The molecule has 0 nitrogen and oxygen atoms in total. The molecule has 0 aliphatic heterocycles. The molecule has 0 aromatic carbocycles. The van der Waals surface area contributed by atoms with Gasteiger partial charge >= 0.3 is 0 Å². The van der Waals surface area contributed by atoms with Gasteiger partial charge in [0.2, 0.25) is 0 Å². The summed E-state index contributed by atoms with van der Waals surface area (Å²) in [5.41, 5.74) is 2.76. The molecule has 1 aliphatic rings. The molecule has 1 atom stereocenters. The first-order valence-electron chi connectivity index (χ1n) is 6.37. The summed E-state index contributed by atoms with van der Waals surface area (Å²) in [4.78, 5) is 0. The zero-order valence-corrected chi connectivity index (χ0v) is 10.5. The standard InChI is InChI=1S/C16H23/c1-4-7-8-11-14-12-15(9-5-2)16(13-14)10-6-3/h5-6,12,14H,2-4,7-11H2,1H3. The van der Waals surface area contributed by atoms with E-state index in [2.05, 4.69) is 32.2 Å². The summed E-state index contributed by atoms with van der Waals surface area (Å²) in [6.45, 7) is 9.86. The van der Waals surface area contributed by atoms with Crippen molar-refractivity contribution in [3.05, 3.63) is 48.6 Å². The lowest BCUT2D eigenvalue weighted by Gasteiger charge is -2.02. The lowest BCUT2D eigenvalue weighted by Crippen LogP contribution is -1.89. The fourth-order valence-corrected chi connectivity index (χ4v) is 2.15. The van der Waals surface area contributed by atoms with Crippen LogP contribution in [0, 0.1) is 12.0 Å². The average Bonchev–Trinajstić information content (AvgIpc) is 2.63. The fourth-order valence-electron chi connectivity index (χ4n) is 2.15. The van der Waals surface area contributed by atoms with Crippen LogP contribution in [0.3, 0.4) is 0 Å². The van der Waals surface area contributed by atoms with Crippen molar-refractivity contribution in [2.75, 3.05) is 0 Å². The molecule has 0 saturated carbocycles. The second kappa shape index (κ2) is 7.27. The van der Waals surface area contributed by atoms with Gasteiger partial charge in [-0.2, -0.15) is 0 Å². The van der Waals surface area contributed by atoms with Crippen molar-refractivity contribution in [3.63, 3.8) is 0 Å². The first-order chi connectivity index (χ1) is 7.81. The zero-order valence-electron chi connectivity index (χ0n) is 10.5. The van der Waals surface area contributed by atoms with E-state index in [1.54, 1.807) is 0 Å². The van der Waals surface area contributed by atoms with Gasteiger partial charge in [-0.1, -0.05) is 44.4 Å². The van der Waals surface area contributed by atoms with Gasteiger partial charge in [0.1, 0.15) is 0 Å². The second-order valence-corrected chi connectivity index (χ2v) is 4.40. The van der Waals surface area contributed by atoms with Crippen molar-refractivity contribution in [2.24, 2.45) is 5.92 Å². The van der Waals surface area contributed by atoms with Crippen LogP contribution in [-0.2, 0) is 0 Å². The molecule has 1 rings (SSSR count). The van der Waals surface area contributed by atoms with Gasteiger partial charge in [0.15, 0.2) is 0 Å². The third kappa shape index (κ3) is 3.84. The minimum atomic E-state index is 0.538. The van der Waals surface area contributed by atoms with Gasteiger partial charge in [0, 0.05) is 5.92 Å². The van der Waals surface area contributed by atoms with E-state index in [1.807, 2.05) is 12.2 Å². The van der Waals surface area contributed by atoms with Crippen LogP contribution < -0.4 is 0 Å². The maximum Gasteiger partial charge on any atom is 0.00300 e. The Labute approximate surface area is 100 Å². The molecule has 0 aromatic rings. The molecule has 0 heterocycles. The van der Waals surface area contributed by atoms with Gasteiger partial charge in [-0.15, -0.1) is 13.2 Å². The Morgan fingerprint density at radius 3 is 2.62 bits per heavy atom. The van der Waals surface area contributed by atoms with E-state index < -0.39 is 0 Å². The molecule has 0 bridgehead atoms. The highest BCUT2D eigenvalue weighted by Crippen LogP contribution is 2.30. The summed E-state index contributed by atoms with van der Waals surface area (Å²) in [6.07, 6.45) is 17.0. The summed E-state index contributed by atoms with van der Waals surface area (Å²) < 4.78 is 0. The average molecular weight is 215 g/mol. The minimum absolute atomic E-state index is 0.538. The van der Waals surface area contributed by atoms with Gasteiger partial charge in [-0.3, -0.25) is 0 Å². The van der Waals surface area contributed by atoms with Gasteiger partial charge in [-0.05, 0) is 36.5 Å². The predicted molar refractivity (Wildman–Crippen MR) is 72.1 cm³/mol. The van der Waals surface area contributed by atoms with Crippen molar-refractivity contribution in [1.82, 2.24) is 0 Å². The Bertz CT molecular complexity index is 265. The summed E-state index contributed by atoms with van der Waals surface area (Å²) in [5.74, 6) is 0.538. The summed E-state index contributed by atoms with van der Waals surface area (Å²) in [5, 5.41) is 0. The highest BCUT2D eigenvalue weighted by molar-refractivity contribution is 5.38. The number of unbranched alkanes of at least 4 members (excludes halogenated alkanes) is 2. The molecule has 0 N–H and O–H groups in total. The topological polar surface area (TPSA) is 0 Å². The Kier molecular flexibility index (Phi) is 5.92. The quantitative estimate of drug-likeness (QED) is 0.394. The largest absolute Gasteiger partial charge is 0.103 e. The van der Waals surface area contributed by atoms with Crippen molar-refractivity contribution < 1.29 is 0 Å². The van der Waals surface area contributed by atoms with Gasteiger partial charge in [0.25, 0.3) is 0 Å². The van der Waals surface area contributed by atoms with E-state index in [0.717, 1.165) is 12.8 Å². The van der Waals surface area contributed by atoms with Crippen LogP contribution >= 0.6 is 0 Å². The third-order valence-electron chi connectivity index (χ3n) is 2.98. The van der Waals surface area contributed by atoms with Crippen molar-refractivity contribution in [2.45, 2.75) is 45.4 Å². The highest BCUT2D eigenvalue weighted by Gasteiger charge is 2.15. The Hall–Kier alpha value is -1.04. The predicted octanol–water partition coefficient (Wildman–Crippen LogP) is 5.00. The molecule has 1 radical (unpaired) electrons. The van der Waals surface area contributed by atoms with Crippen LogP contribution in [0.2, 0.25) is 0 Å². The van der Waals surface area contributed by atoms with E-state index in [9.17, 15) is 0 Å². The SMILES string of the molecule is C=CCC1=[C]C(CCCCC)C=C1CC=C. The molecular formula is C16H23. The molecular weight excluding hydrogens is 192 g/mol. The summed E-state index contributed by atoms with van der Waals surface area (Å²) in [6, 6.07) is 0. The summed E-state index contributed by atoms with van der Waals surface area (Å²) in [7, 11) is 0. The number of allylic oxidation sites excluding steroid dienone is 6. The van der Waals surface area contributed by atoms with Gasteiger partial charge < -0.3 is 0 Å². The van der Waals surface area contributed by atoms with Crippen LogP contribution in [-0.4, -0.2) is 0 Å². The van der Waals surface area contributed by atoms with Crippen LogP contribution in [0.15, 0.2) is 42.5 Å². The van der Waals surface area contributed by atoms with E-state index >= 15 is 0 Å². The van der Waals surface area contributed by atoms with Crippen LogP contribution in [0.25, 0.3) is 0 Å². The molecule has 1 aliphatic carbocycles. The summed E-state index contributed by atoms with van der Waals surface area (Å²) >= 11 is 0. The molecule has 0 saturated heterocycles. The van der Waals surface area contributed by atoms with E-state index in [4.69, 9.17) is 0 Å². The Morgan fingerprint density at radius 2 is 2.00 bits per heavy atom. The smallest absolute Gasteiger partial charge is 0.00300 e. The first-order valence-corrected chi connectivity index (χ1v) is 6.37. The molecule has 0 spiro atoms. The molecule has 0 fully saturated rings. The molecule has 16 heavy (non-hydrogen) atoms. The van der Waals surface area contributed by atoms with Crippen molar-refractivity contribution in [1.29, 1.82) is 0 Å². The van der Waals surface area contributed by atoms with Crippen molar-refractivity contribution >= 4 is 0 Å². The van der Waals surface area contributed by atoms with E-state index in [-0.39, 0.29) is 0 Å². The maximum atomic E-state index is 3.81. The Balaban J connectivity index is 2.54. The first kappa shape index (κ1) is 13.0. The molecule has 1 unspecified atom stereocenters. The van der Waals surface area contributed by atoms with Crippen LogP contribution in [0.4, 0.5) is 0 Å². The fraction of sp³-hybridized carbons (Fsp3) is 0.500. The van der Waals surface area contributed by atoms with Gasteiger partial charge in [0.05, 0.1) is 0 Å². The molecule has 0 amide bonds. The third-order valence-corrected chi connectivity index (χ3v) is 2.98. The van der Waals surface area contributed by atoms with Gasteiger partial charge in [-0.25, -0.2) is 0 Å². The monoisotopic (exact) mass is 215 g/mol. The second-order valence-electron chi connectivity index (χ2n) is 4.40. The molecule has 0 aromatic heterocycles.